The van der Waals surface area contributed by atoms with Crippen LogP contribution in [0.2, 0.25) is 0 Å². The fraction of sp³-hybridized carbons (Fsp3) is 0.0606. The smallest absolute Gasteiger partial charge is 0.254 e. The molecule has 3 heteroatoms. The second kappa shape index (κ2) is 7.96. The molecule has 1 aliphatic rings. The molecule has 5 aromatic carbocycles. The second-order valence-electron chi connectivity index (χ2n) is 9.53. The van der Waals surface area contributed by atoms with Crippen molar-refractivity contribution in [3.8, 4) is 27.9 Å². The lowest BCUT2D eigenvalue weighted by molar-refractivity contribution is 0.0816. The van der Waals surface area contributed by atoms with E-state index < -0.39 is 0 Å². The minimum Gasteiger partial charge on any atom is -0.337 e. The SMILES string of the molecule is CN1Cc2cc(-n3c4ccc(-c5ccccc5)cc4c4cc(-c5ccccc5)ccc43)ccc2C1=O. The molecule has 6 aromatic rings. The van der Waals surface area contributed by atoms with Gasteiger partial charge in [-0.1, -0.05) is 72.8 Å². The normalized spacial score (nSPS) is 13.0. The largest absolute Gasteiger partial charge is 0.337 e. The number of amides is 1. The molecule has 1 aromatic heterocycles. The van der Waals surface area contributed by atoms with Crippen LogP contribution in [0.25, 0.3) is 49.7 Å². The Kier molecular flexibility index (Phi) is 4.58. The molecule has 0 N–H and O–H groups in total. The van der Waals surface area contributed by atoms with E-state index in [9.17, 15) is 4.79 Å². The van der Waals surface area contributed by atoms with Gasteiger partial charge in [0.05, 0.1) is 11.0 Å². The molecular formula is C33H24N2O. The number of carbonyl (C=O) groups is 1. The Morgan fingerprint density at radius 1 is 0.583 bits per heavy atom. The summed E-state index contributed by atoms with van der Waals surface area (Å²) in [5, 5.41) is 2.44. The van der Waals surface area contributed by atoms with Gasteiger partial charge in [-0.2, -0.15) is 0 Å². The first-order chi connectivity index (χ1) is 17.7. The van der Waals surface area contributed by atoms with Crippen molar-refractivity contribution in [1.29, 1.82) is 0 Å². The third kappa shape index (κ3) is 3.17. The summed E-state index contributed by atoms with van der Waals surface area (Å²) < 4.78 is 2.33. The van der Waals surface area contributed by atoms with E-state index in [1.54, 1.807) is 4.90 Å². The van der Waals surface area contributed by atoms with Gasteiger partial charge in [-0.15, -0.1) is 0 Å². The Bertz CT molecular complexity index is 1690. The van der Waals surface area contributed by atoms with Crippen molar-refractivity contribution < 1.29 is 4.79 Å². The van der Waals surface area contributed by atoms with Crippen LogP contribution in [0.3, 0.4) is 0 Å². The number of benzene rings is 5. The van der Waals surface area contributed by atoms with E-state index in [0.717, 1.165) is 27.8 Å². The molecule has 36 heavy (non-hydrogen) atoms. The summed E-state index contributed by atoms with van der Waals surface area (Å²) in [5.41, 5.74) is 10.1. The van der Waals surface area contributed by atoms with Gasteiger partial charge in [-0.05, 0) is 70.3 Å². The summed E-state index contributed by atoms with van der Waals surface area (Å²) in [4.78, 5) is 14.3. The number of fused-ring (bicyclic) bond motifs is 4. The highest BCUT2D eigenvalue weighted by molar-refractivity contribution is 6.11. The van der Waals surface area contributed by atoms with Crippen LogP contribution in [-0.2, 0) is 6.54 Å². The first-order valence-electron chi connectivity index (χ1n) is 12.3. The molecule has 0 spiro atoms. The first kappa shape index (κ1) is 20.7. The van der Waals surface area contributed by atoms with Gasteiger partial charge in [0.15, 0.2) is 0 Å². The topological polar surface area (TPSA) is 25.2 Å². The fourth-order valence-electron chi connectivity index (χ4n) is 5.51. The number of carbonyl (C=O) groups excluding carboxylic acids is 1. The van der Waals surface area contributed by atoms with Gasteiger partial charge in [0, 0.05) is 35.6 Å². The van der Waals surface area contributed by atoms with Gasteiger partial charge in [-0.25, -0.2) is 0 Å². The van der Waals surface area contributed by atoms with Gasteiger partial charge in [-0.3, -0.25) is 4.79 Å². The van der Waals surface area contributed by atoms with Crippen molar-refractivity contribution in [3.63, 3.8) is 0 Å². The zero-order chi connectivity index (χ0) is 24.2. The van der Waals surface area contributed by atoms with Gasteiger partial charge in [0.1, 0.15) is 0 Å². The second-order valence-corrected chi connectivity index (χ2v) is 9.53. The van der Waals surface area contributed by atoms with Gasteiger partial charge in [0.2, 0.25) is 0 Å². The molecule has 0 atom stereocenters. The van der Waals surface area contributed by atoms with Crippen LogP contribution in [0.1, 0.15) is 15.9 Å². The quantitative estimate of drug-likeness (QED) is 0.263. The van der Waals surface area contributed by atoms with Gasteiger partial charge < -0.3 is 9.47 Å². The molecule has 0 aliphatic carbocycles. The first-order valence-corrected chi connectivity index (χ1v) is 12.3. The maximum Gasteiger partial charge on any atom is 0.254 e. The van der Waals surface area contributed by atoms with E-state index in [4.69, 9.17) is 0 Å². The molecule has 0 saturated heterocycles. The van der Waals surface area contributed by atoms with E-state index in [0.29, 0.717) is 6.54 Å². The summed E-state index contributed by atoms with van der Waals surface area (Å²) in [6, 6.07) is 40.8. The zero-order valence-electron chi connectivity index (χ0n) is 20.0. The molecule has 0 unspecified atom stereocenters. The summed E-state index contributed by atoms with van der Waals surface area (Å²) in [7, 11) is 1.86. The molecular weight excluding hydrogens is 440 g/mol. The maximum atomic E-state index is 12.5. The number of nitrogens with zero attached hydrogens (tertiary/aromatic N) is 2. The lowest BCUT2D eigenvalue weighted by atomic mass is 10.0. The highest BCUT2D eigenvalue weighted by atomic mass is 16.2. The highest BCUT2D eigenvalue weighted by Crippen LogP contribution is 2.38. The average molecular weight is 465 g/mol. The van der Waals surface area contributed by atoms with Crippen LogP contribution in [0.5, 0.6) is 0 Å². The molecule has 1 aliphatic heterocycles. The Labute approximate surface area is 209 Å². The van der Waals surface area contributed by atoms with Crippen LogP contribution in [-0.4, -0.2) is 22.4 Å². The summed E-state index contributed by atoms with van der Waals surface area (Å²) in [6.45, 7) is 0.648. The van der Waals surface area contributed by atoms with Crippen LogP contribution in [0.15, 0.2) is 115 Å². The number of rotatable bonds is 3. The van der Waals surface area contributed by atoms with Crippen molar-refractivity contribution >= 4 is 27.7 Å². The molecule has 0 saturated carbocycles. The lowest BCUT2D eigenvalue weighted by Gasteiger charge is -2.10. The predicted octanol–water partition coefficient (Wildman–Crippen LogP) is 7.70. The van der Waals surface area contributed by atoms with Crippen LogP contribution in [0, 0.1) is 0 Å². The van der Waals surface area contributed by atoms with Crippen LogP contribution >= 0.6 is 0 Å². The third-order valence-corrected chi connectivity index (χ3v) is 7.31. The van der Waals surface area contributed by atoms with Gasteiger partial charge in [0.25, 0.3) is 5.91 Å². The predicted molar refractivity (Wildman–Crippen MR) is 147 cm³/mol. The molecule has 7 rings (SSSR count). The summed E-state index contributed by atoms with van der Waals surface area (Å²) >= 11 is 0. The molecule has 0 radical (unpaired) electrons. The lowest BCUT2D eigenvalue weighted by Crippen LogP contribution is -2.17. The molecule has 172 valence electrons. The summed E-state index contributed by atoms with van der Waals surface area (Å²) in [6.07, 6.45) is 0. The van der Waals surface area contributed by atoms with E-state index in [2.05, 4.69) is 114 Å². The maximum absolute atomic E-state index is 12.5. The molecule has 3 nitrogen and oxygen atoms in total. The Balaban J connectivity index is 1.50. The fourth-order valence-corrected chi connectivity index (χ4v) is 5.51. The van der Waals surface area contributed by atoms with E-state index in [-0.39, 0.29) is 5.91 Å². The molecule has 2 heterocycles. The van der Waals surface area contributed by atoms with E-state index in [1.807, 2.05) is 13.1 Å². The van der Waals surface area contributed by atoms with Crippen molar-refractivity contribution in [2.24, 2.45) is 0 Å². The monoisotopic (exact) mass is 464 g/mol. The minimum absolute atomic E-state index is 0.0961. The average Bonchev–Trinajstić information content (AvgIpc) is 3.41. The van der Waals surface area contributed by atoms with E-state index in [1.165, 1.54) is 33.0 Å². The third-order valence-electron chi connectivity index (χ3n) is 7.31. The zero-order valence-corrected chi connectivity index (χ0v) is 20.0. The molecule has 0 bridgehead atoms. The number of hydrogen-bond donors (Lipinski definition) is 0. The van der Waals surface area contributed by atoms with Crippen molar-refractivity contribution in [1.82, 2.24) is 9.47 Å². The molecule has 1 amide bonds. The van der Waals surface area contributed by atoms with Gasteiger partial charge >= 0.3 is 0 Å². The van der Waals surface area contributed by atoms with E-state index >= 15 is 0 Å². The van der Waals surface area contributed by atoms with Crippen LogP contribution in [0.4, 0.5) is 0 Å². The minimum atomic E-state index is 0.0961. The highest BCUT2D eigenvalue weighted by Gasteiger charge is 2.25. The Morgan fingerprint density at radius 2 is 1.14 bits per heavy atom. The Hall–Kier alpha value is -4.63. The number of hydrogen-bond acceptors (Lipinski definition) is 1. The van der Waals surface area contributed by atoms with Crippen LogP contribution < -0.4 is 0 Å². The summed E-state index contributed by atoms with van der Waals surface area (Å²) in [5.74, 6) is 0.0961. The number of aromatic nitrogens is 1. The standard InChI is InChI=1S/C33H24N2O/c1-34-21-26-18-27(14-15-28(26)33(34)36)35-31-16-12-24(22-8-4-2-5-9-22)19-29(31)30-20-25(13-17-32(30)35)23-10-6-3-7-11-23/h2-20H,21H2,1H3. The van der Waals surface area contributed by atoms with Crippen molar-refractivity contribution in [2.75, 3.05) is 7.05 Å². The Morgan fingerprint density at radius 3 is 1.69 bits per heavy atom. The van der Waals surface area contributed by atoms with Crippen molar-refractivity contribution in [2.45, 2.75) is 6.54 Å². The van der Waals surface area contributed by atoms with Crippen molar-refractivity contribution in [3.05, 3.63) is 126 Å². The molecule has 0 fully saturated rings.